The van der Waals surface area contributed by atoms with Crippen LogP contribution in [0.1, 0.15) is 52.0 Å². The third kappa shape index (κ3) is 9.00. The second kappa shape index (κ2) is 12.4. The maximum Gasteiger partial charge on any atom is 0.451 e. The number of aromatic hydroxyl groups is 1. The molecule has 0 radical (unpaired) electrons. The summed E-state index contributed by atoms with van der Waals surface area (Å²) in [5.41, 5.74) is 4.64. The molecule has 1 fully saturated rings. The lowest BCUT2D eigenvalue weighted by molar-refractivity contribution is -0.148. The number of nitrogens with one attached hydrogen (secondary N) is 2. The van der Waals surface area contributed by atoms with Crippen LogP contribution >= 0.6 is 0 Å². The Labute approximate surface area is 211 Å². The predicted molar refractivity (Wildman–Crippen MR) is 133 cm³/mol. The number of carboxylic acids is 1. The normalized spacial score (nSPS) is 22.8. The van der Waals surface area contributed by atoms with E-state index in [9.17, 15) is 24.6 Å². The average molecular weight is 507 g/mol. The number of carbonyl (C=O) groups is 3. The predicted octanol–water partition coefficient (Wildman–Crippen LogP) is 1.01. The molecular formula is C24H38BN3O8. The Bertz CT molecular complexity index is 906. The maximum atomic E-state index is 13.1. The quantitative estimate of drug-likeness (QED) is 0.226. The molecule has 2 rings (SSSR count). The summed E-state index contributed by atoms with van der Waals surface area (Å²) in [6.07, 6.45) is 1.17. The standard InChI is InChI=1S/C24H38BN3O8/c1-23(2,3)36-22(33)28-19(12-15-5-8-18(29)9-6-15)20(30)27-14-17-7-4-16(10-11-25(34)35)13-24(17,26)21(31)32/h5-6,8-9,16-17,19,29,34-35H,4,7,10-14,26H2,1-3H3,(H,27,30)(H,28,33)(H,31,32)/t16-,17-,19-,24+/m0/s1. The van der Waals surface area contributed by atoms with Crippen molar-refractivity contribution in [3.05, 3.63) is 29.8 Å². The van der Waals surface area contributed by atoms with Gasteiger partial charge in [-0.2, -0.15) is 0 Å². The fraction of sp³-hybridized carbons (Fsp3) is 0.625. The first kappa shape index (κ1) is 29.4. The van der Waals surface area contributed by atoms with Crippen LogP contribution in [0, 0.1) is 11.8 Å². The highest BCUT2D eigenvalue weighted by atomic mass is 16.6. The van der Waals surface area contributed by atoms with Crippen molar-refractivity contribution in [2.45, 2.75) is 76.4 Å². The van der Waals surface area contributed by atoms with Gasteiger partial charge in [-0.25, -0.2) is 4.79 Å². The minimum Gasteiger partial charge on any atom is -0.508 e. The number of carbonyl (C=O) groups excluding carboxylic acids is 2. The lowest BCUT2D eigenvalue weighted by Gasteiger charge is -2.41. The molecule has 11 nitrogen and oxygen atoms in total. The van der Waals surface area contributed by atoms with Crippen LogP contribution in [-0.4, -0.2) is 69.1 Å². The van der Waals surface area contributed by atoms with E-state index in [-0.39, 0.29) is 37.4 Å². The lowest BCUT2D eigenvalue weighted by atomic mass is 9.66. The number of hydrogen-bond acceptors (Lipinski definition) is 8. The number of rotatable bonds is 10. The van der Waals surface area contributed by atoms with Crippen LogP contribution in [-0.2, 0) is 20.7 Å². The fourth-order valence-electron chi connectivity index (χ4n) is 4.49. The minimum atomic E-state index is -1.58. The van der Waals surface area contributed by atoms with E-state index in [0.29, 0.717) is 24.8 Å². The van der Waals surface area contributed by atoms with Gasteiger partial charge in [-0.3, -0.25) is 9.59 Å². The summed E-state index contributed by atoms with van der Waals surface area (Å²) in [5.74, 6) is -2.26. The number of hydrogen-bond donors (Lipinski definition) is 7. The van der Waals surface area contributed by atoms with Crippen LogP contribution in [0.15, 0.2) is 24.3 Å². The highest BCUT2D eigenvalue weighted by Gasteiger charge is 2.47. The van der Waals surface area contributed by atoms with Gasteiger partial charge in [0.15, 0.2) is 0 Å². The number of aliphatic carboxylic acids is 1. The van der Waals surface area contributed by atoms with Crippen molar-refractivity contribution in [2.24, 2.45) is 17.6 Å². The number of phenolic OH excluding ortho intramolecular Hbond substituents is 1. The van der Waals surface area contributed by atoms with E-state index in [0.717, 1.165) is 0 Å². The van der Waals surface area contributed by atoms with Gasteiger partial charge in [0.1, 0.15) is 22.9 Å². The van der Waals surface area contributed by atoms with Gasteiger partial charge in [0.05, 0.1) is 0 Å². The number of carboxylic acid groups (broad SMARTS) is 1. The van der Waals surface area contributed by atoms with E-state index in [2.05, 4.69) is 10.6 Å². The molecule has 36 heavy (non-hydrogen) atoms. The molecule has 1 aromatic rings. The Kier molecular flexibility index (Phi) is 10.1. The second-order valence-corrected chi connectivity index (χ2v) is 10.6. The van der Waals surface area contributed by atoms with Crippen LogP contribution in [0.2, 0.25) is 6.32 Å². The van der Waals surface area contributed by atoms with Gasteiger partial charge in [-0.05, 0) is 70.0 Å². The molecule has 4 atom stereocenters. The zero-order chi connectivity index (χ0) is 27.1. The number of ether oxygens (including phenoxy) is 1. The fourth-order valence-corrected chi connectivity index (χ4v) is 4.49. The number of benzene rings is 1. The summed E-state index contributed by atoms with van der Waals surface area (Å²) in [6, 6.07) is 5.20. The zero-order valence-electron chi connectivity index (χ0n) is 21.1. The van der Waals surface area contributed by atoms with Gasteiger partial charge in [0, 0.05) is 18.9 Å². The van der Waals surface area contributed by atoms with Crippen molar-refractivity contribution < 1.29 is 39.4 Å². The lowest BCUT2D eigenvalue weighted by Crippen LogP contribution is -2.60. The van der Waals surface area contributed by atoms with Crippen LogP contribution < -0.4 is 16.4 Å². The Morgan fingerprint density at radius 3 is 2.39 bits per heavy atom. The largest absolute Gasteiger partial charge is 0.508 e. The van der Waals surface area contributed by atoms with Crippen molar-refractivity contribution in [2.75, 3.05) is 6.54 Å². The first-order valence-electron chi connectivity index (χ1n) is 12.1. The van der Waals surface area contributed by atoms with Crippen molar-refractivity contribution in [1.29, 1.82) is 0 Å². The summed E-state index contributed by atoms with van der Waals surface area (Å²) in [6.45, 7) is 5.10. The summed E-state index contributed by atoms with van der Waals surface area (Å²) in [5, 5.41) is 42.9. The topological polar surface area (TPSA) is 191 Å². The zero-order valence-corrected chi connectivity index (χ0v) is 21.1. The van der Waals surface area contributed by atoms with Crippen molar-refractivity contribution in [3.63, 3.8) is 0 Å². The summed E-state index contributed by atoms with van der Waals surface area (Å²) >= 11 is 0. The Balaban J connectivity index is 2.09. The van der Waals surface area contributed by atoms with Crippen LogP contribution in [0.25, 0.3) is 0 Å². The molecule has 0 spiro atoms. The van der Waals surface area contributed by atoms with E-state index in [4.69, 9.17) is 20.5 Å². The van der Waals surface area contributed by atoms with Crippen LogP contribution in [0.5, 0.6) is 5.75 Å². The monoisotopic (exact) mass is 507 g/mol. The van der Waals surface area contributed by atoms with Gasteiger partial charge in [-0.1, -0.05) is 18.6 Å². The molecular weight excluding hydrogens is 469 g/mol. The summed E-state index contributed by atoms with van der Waals surface area (Å²) in [7, 11) is -1.46. The Morgan fingerprint density at radius 2 is 1.83 bits per heavy atom. The number of alkyl carbamates (subject to hydrolysis) is 1. The number of phenols is 1. The molecule has 0 aliphatic heterocycles. The summed E-state index contributed by atoms with van der Waals surface area (Å²) in [4.78, 5) is 37.5. The van der Waals surface area contributed by atoms with Gasteiger partial charge < -0.3 is 41.4 Å². The van der Waals surface area contributed by atoms with E-state index in [1.165, 1.54) is 12.1 Å². The van der Waals surface area contributed by atoms with Crippen molar-refractivity contribution >= 4 is 25.1 Å². The molecule has 0 heterocycles. The van der Waals surface area contributed by atoms with E-state index < -0.39 is 48.2 Å². The maximum absolute atomic E-state index is 13.1. The van der Waals surface area contributed by atoms with Gasteiger partial charge in [0.2, 0.25) is 5.91 Å². The summed E-state index contributed by atoms with van der Waals surface area (Å²) < 4.78 is 5.28. The Hall–Kier alpha value is -2.83. The molecule has 1 saturated carbocycles. The van der Waals surface area contributed by atoms with Gasteiger partial charge in [-0.15, -0.1) is 0 Å². The van der Waals surface area contributed by atoms with Crippen molar-refractivity contribution in [1.82, 2.24) is 10.6 Å². The third-order valence-corrected chi connectivity index (χ3v) is 6.42. The molecule has 1 aliphatic rings. The van der Waals surface area contributed by atoms with Gasteiger partial charge >= 0.3 is 19.2 Å². The SMILES string of the molecule is CC(C)(C)OC(=O)N[C@@H](Cc1ccc(O)cc1)C(=O)NC[C@@H]1CC[C@@H](CCB(O)O)C[C@]1(N)C(=O)O. The highest BCUT2D eigenvalue weighted by molar-refractivity contribution is 6.40. The average Bonchev–Trinajstić information content (AvgIpc) is 2.76. The molecule has 200 valence electrons. The molecule has 8 N–H and O–H groups in total. The first-order valence-corrected chi connectivity index (χ1v) is 12.1. The molecule has 1 aromatic carbocycles. The molecule has 0 aromatic heterocycles. The molecule has 0 unspecified atom stereocenters. The molecule has 12 heteroatoms. The number of nitrogens with two attached hydrogens (primary N) is 1. The molecule has 0 bridgehead atoms. The first-order chi connectivity index (χ1) is 16.7. The number of amides is 2. The highest BCUT2D eigenvalue weighted by Crippen LogP contribution is 2.38. The van der Waals surface area contributed by atoms with Crippen LogP contribution in [0.4, 0.5) is 4.79 Å². The van der Waals surface area contributed by atoms with E-state index in [1.54, 1.807) is 32.9 Å². The minimum absolute atomic E-state index is 0.000938. The molecule has 2 amide bonds. The Morgan fingerprint density at radius 1 is 1.19 bits per heavy atom. The molecule has 1 aliphatic carbocycles. The van der Waals surface area contributed by atoms with Gasteiger partial charge in [0.25, 0.3) is 0 Å². The third-order valence-electron chi connectivity index (χ3n) is 6.42. The van der Waals surface area contributed by atoms with Crippen molar-refractivity contribution in [3.8, 4) is 5.75 Å². The van der Waals surface area contributed by atoms with Crippen LogP contribution in [0.3, 0.4) is 0 Å². The smallest absolute Gasteiger partial charge is 0.451 e. The van der Waals surface area contributed by atoms with E-state index >= 15 is 0 Å². The van der Waals surface area contributed by atoms with E-state index in [1.807, 2.05) is 0 Å². The molecule has 0 saturated heterocycles. The second-order valence-electron chi connectivity index (χ2n) is 10.6.